The van der Waals surface area contributed by atoms with Gasteiger partial charge in [-0.2, -0.15) is 0 Å². The molecule has 1 unspecified atom stereocenters. The smallest absolute Gasteiger partial charge is 0.281 e. The monoisotopic (exact) mass is 260 g/mol. The van der Waals surface area contributed by atoms with E-state index in [1.54, 1.807) is 0 Å². The van der Waals surface area contributed by atoms with Crippen molar-refractivity contribution in [2.45, 2.75) is 18.9 Å². The molecule has 1 N–H and O–H groups in total. The number of rotatable bonds is 1. The van der Waals surface area contributed by atoms with E-state index in [-0.39, 0.29) is 24.1 Å². The highest BCUT2D eigenvalue weighted by Crippen LogP contribution is 2.25. The predicted octanol–water partition coefficient (Wildman–Crippen LogP) is -1.12. The Bertz CT molecular complexity index is 592. The fourth-order valence-electron chi connectivity index (χ4n) is 2.20. The second-order valence-corrected chi connectivity index (χ2v) is 4.23. The van der Waals surface area contributed by atoms with Gasteiger partial charge in [-0.05, 0) is 6.42 Å². The van der Waals surface area contributed by atoms with Crippen molar-refractivity contribution in [1.82, 2.24) is 20.2 Å². The van der Waals surface area contributed by atoms with Crippen LogP contribution in [0.2, 0.25) is 0 Å². The molecule has 3 heterocycles. The summed E-state index contributed by atoms with van der Waals surface area (Å²) in [5.74, 6) is -2.27. The lowest BCUT2D eigenvalue weighted by atomic mass is 10.0. The largest absolute Gasteiger partial charge is 0.295 e. The molecule has 2 aliphatic rings. The van der Waals surface area contributed by atoms with Crippen LogP contribution in [-0.2, 0) is 9.59 Å². The molecule has 3 rings (SSSR count). The van der Waals surface area contributed by atoms with Crippen LogP contribution in [0.25, 0.3) is 0 Å². The van der Waals surface area contributed by atoms with Gasteiger partial charge in [-0.1, -0.05) is 0 Å². The first kappa shape index (κ1) is 11.5. The molecule has 96 valence electrons. The molecular weight excluding hydrogens is 252 g/mol. The summed E-state index contributed by atoms with van der Waals surface area (Å²) in [5.41, 5.74) is 0.0712. The first-order chi connectivity index (χ1) is 9.09. The van der Waals surface area contributed by atoms with Gasteiger partial charge in [0.05, 0.1) is 5.56 Å². The van der Waals surface area contributed by atoms with E-state index in [0.717, 1.165) is 11.2 Å². The number of nitrogens with one attached hydrogen (secondary N) is 1. The van der Waals surface area contributed by atoms with Crippen molar-refractivity contribution in [1.29, 1.82) is 0 Å². The molecule has 2 aliphatic heterocycles. The van der Waals surface area contributed by atoms with E-state index in [1.807, 2.05) is 0 Å². The SMILES string of the molecule is O=C1CCC(N2C(=O)c3cncnc3C2=O)C(=O)N1. The highest BCUT2D eigenvalue weighted by Gasteiger charge is 2.45. The quantitative estimate of drug-likeness (QED) is 0.640. The molecule has 0 bridgehead atoms. The Morgan fingerprint density at radius 1 is 1.21 bits per heavy atom. The Morgan fingerprint density at radius 2 is 2.00 bits per heavy atom. The molecule has 0 spiro atoms. The van der Waals surface area contributed by atoms with Crippen LogP contribution >= 0.6 is 0 Å². The van der Waals surface area contributed by atoms with Gasteiger partial charge < -0.3 is 0 Å². The molecular formula is C11H8N4O4. The summed E-state index contributed by atoms with van der Waals surface area (Å²) in [5, 5.41) is 2.11. The lowest BCUT2D eigenvalue weighted by Gasteiger charge is -2.27. The molecule has 1 saturated heterocycles. The van der Waals surface area contributed by atoms with Gasteiger partial charge in [-0.25, -0.2) is 9.97 Å². The number of hydrogen-bond acceptors (Lipinski definition) is 6. The Morgan fingerprint density at radius 3 is 2.68 bits per heavy atom. The van der Waals surface area contributed by atoms with E-state index in [2.05, 4.69) is 15.3 Å². The summed E-state index contributed by atoms with van der Waals surface area (Å²) in [6.07, 6.45) is 2.63. The van der Waals surface area contributed by atoms with Gasteiger partial charge in [0.25, 0.3) is 11.8 Å². The van der Waals surface area contributed by atoms with Crippen molar-refractivity contribution in [3.8, 4) is 0 Å². The zero-order valence-electron chi connectivity index (χ0n) is 9.62. The first-order valence-electron chi connectivity index (χ1n) is 5.61. The molecule has 1 fully saturated rings. The van der Waals surface area contributed by atoms with Crippen molar-refractivity contribution in [3.63, 3.8) is 0 Å². The maximum atomic E-state index is 12.1. The summed E-state index contributed by atoms with van der Waals surface area (Å²) in [7, 11) is 0. The van der Waals surface area contributed by atoms with Gasteiger partial charge in [-0.15, -0.1) is 0 Å². The maximum absolute atomic E-state index is 12.1. The Balaban J connectivity index is 1.96. The van der Waals surface area contributed by atoms with E-state index in [9.17, 15) is 19.2 Å². The van der Waals surface area contributed by atoms with E-state index in [4.69, 9.17) is 0 Å². The predicted molar refractivity (Wildman–Crippen MR) is 58.7 cm³/mol. The lowest BCUT2D eigenvalue weighted by Crippen LogP contribution is -2.54. The van der Waals surface area contributed by atoms with Crippen LogP contribution in [0.5, 0.6) is 0 Å². The molecule has 19 heavy (non-hydrogen) atoms. The van der Waals surface area contributed by atoms with Gasteiger partial charge in [0.15, 0.2) is 0 Å². The van der Waals surface area contributed by atoms with E-state index < -0.39 is 29.7 Å². The van der Waals surface area contributed by atoms with Crippen molar-refractivity contribution in [2.24, 2.45) is 0 Å². The van der Waals surface area contributed by atoms with Gasteiger partial charge in [0.2, 0.25) is 11.8 Å². The maximum Gasteiger partial charge on any atom is 0.281 e. The van der Waals surface area contributed by atoms with Crippen molar-refractivity contribution in [2.75, 3.05) is 0 Å². The number of fused-ring (bicyclic) bond motifs is 1. The van der Waals surface area contributed by atoms with Crippen LogP contribution in [-0.4, -0.2) is 44.5 Å². The standard InChI is InChI=1S/C11H8N4O4/c16-7-2-1-6(9(17)14-7)15-10(18)5-3-12-4-13-8(5)11(15)19/h3-4,6H,1-2H2,(H,14,16,17). The number of carbonyl (C=O) groups is 4. The molecule has 1 atom stereocenters. The summed E-state index contributed by atoms with van der Waals surface area (Å²) in [6, 6.07) is -0.966. The minimum Gasteiger partial charge on any atom is -0.295 e. The van der Waals surface area contributed by atoms with Crippen LogP contribution < -0.4 is 5.32 Å². The summed E-state index contributed by atoms with van der Waals surface area (Å²) in [6.45, 7) is 0. The fourth-order valence-corrected chi connectivity index (χ4v) is 2.20. The number of hydrogen-bond donors (Lipinski definition) is 1. The number of nitrogens with zero attached hydrogens (tertiary/aromatic N) is 3. The molecule has 1 aromatic rings. The third kappa shape index (κ3) is 1.60. The number of carbonyl (C=O) groups excluding carboxylic acids is 4. The summed E-state index contributed by atoms with van der Waals surface area (Å²) in [4.78, 5) is 55.3. The second-order valence-electron chi connectivity index (χ2n) is 4.23. The molecule has 1 aromatic heterocycles. The van der Waals surface area contributed by atoms with Gasteiger partial charge in [0.1, 0.15) is 18.1 Å². The minimum atomic E-state index is -0.966. The average Bonchev–Trinajstić information content (AvgIpc) is 2.64. The number of imide groups is 2. The van der Waals surface area contributed by atoms with Gasteiger partial charge >= 0.3 is 0 Å². The lowest BCUT2D eigenvalue weighted by molar-refractivity contribution is -0.136. The zero-order chi connectivity index (χ0) is 13.6. The molecule has 8 heteroatoms. The number of piperidine rings is 1. The fraction of sp³-hybridized carbons (Fsp3) is 0.273. The van der Waals surface area contributed by atoms with Crippen LogP contribution in [0.1, 0.15) is 33.7 Å². The van der Waals surface area contributed by atoms with Crippen LogP contribution in [0.4, 0.5) is 0 Å². The Kier molecular flexibility index (Phi) is 2.37. The number of aromatic nitrogens is 2. The Labute approximate surface area is 106 Å². The normalized spacial score (nSPS) is 22.5. The first-order valence-corrected chi connectivity index (χ1v) is 5.61. The van der Waals surface area contributed by atoms with Crippen LogP contribution in [0.15, 0.2) is 12.5 Å². The third-order valence-electron chi connectivity index (χ3n) is 3.10. The highest BCUT2D eigenvalue weighted by atomic mass is 16.2. The topological polar surface area (TPSA) is 109 Å². The molecule has 4 amide bonds. The summed E-state index contributed by atoms with van der Waals surface area (Å²) < 4.78 is 0. The van der Waals surface area contributed by atoms with Crippen molar-refractivity contribution < 1.29 is 19.2 Å². The number of amides is 4. The van der Waals surface area contributed by atoms with E-state index in [0.29, 0.717) is 0 Å². The minimum absolute atomic E-state index is 0.00954. The van der Waals surface area contributed by atoms with Crippen molar-refractivity contribution >= 4 is 23.6 Å². The van der Waals surface area contributed by atoms with Crippen molar-refractivity contribution in [3.05, 3.63) is 23.8 Å². The molecule has 0 aliphatic carbocycles. The average molecular weight is 260 g/mol. The van der Waals surface area contributed by atoms with Gasteiger partial charge in [0, 0.05) is 12.6 Å². The second kappa shape index (κ2) is 3.94. The highest BCUT2D eigenvalue weighted by molar-refractivity contribution is 6.22. The molecule has 8 nitrogen and oxygen atoms in total. The third-order valence-corrected chi connectivity index (χ3v) is 3.10. The molecule has 0 saturated carbocycles. The van der Waals surface area contributed by atoms with Crippen LogP contribution in [0.3, 0.4) is 0 Å². The molecule has 0 radical (unpaired) electrons. The Hall–Kier alpha value is -2.64. The molecule has 0 aromatic carbocycles. The summed E-state index contributed by atoms with van der Waals surface area (Å²) >= 11 is 0. The van der Waals surface area contributed by atoms with E-state index >= 15 is 0 Å². The van der Waals surface area contributed by atoms with E-state index in [1.165, 1.54) is 6.20 Å². The zero-order valence-corrected chi connectivity index (χ0v) is 9.62. The van der Waals surface area contributed by atoms with Gasteiger partial charge in [-0.3, -0.25) is 29.4 Å². The van der Waals surface area contributed by atoms with Crippen LogP contribution in [0, 0.1) is 0 Å².